The van der Waals surface area contributed by atoms with Gasteiger partial charge < -0.3 is 14.0 Å². The Hall–Kier alpha value is -2.91. The quantitative estimate of drug-likeness (QED) is 0.593. The summed E-state index contributed by atoms with van der Waals surface area (Å²) in [7, 11) is -0.323. The summed E-state index contributed by atoms with van der Waals surface area (Å²) in [4.78, 5) is 4.86. The van der Waals surface area contributed by atoms with E-state index in [-0.39, 0.29) is 5.92 Å². The van der Waals surface area contributed by atoms with Crippen molar-refractivity contribution in [3.63, 3.8) is 0 Å². The summed E-state index contributed by atoms with van der Waals surface area (Å²) < 4.78 is 43.2. The van der Waals surface area contributed by atoms with Crippen LogP contribution in [0.4, 0.5) is 0 Å². The van der Waals surface area contributed by atoms with Crippen molar-refractivity contribution >= 4 is 10.0 Å². The van der Waals surface area contributed by atoms with Gasteiger partial charge in [-0.3, -0.25) is 0 Å². The number of piperidine rings is 1. The fourth-order valence-corrected chi connectivity index (χ4v) is 5.07. The van der Waals surface area contributed by atoms with Crippen LogP contribution in [0.2, 0.25) is 0 Å². The third-order valence-corrected chi connectivity index (χ3v) is 7.19. The minimum absolute atomic E-state index is 0.0118. The molecule has 0 aliphatic carbocycles. The molecule has 3 aromatic rings. The first-order valence-corrected chi connectivity index (χ1v) is 11.1. The summed E-state index contributed by atoms with van der Waals surface area (Å²) in [5.41, 5.74) is 0.706. The van der Waals surface area contributed by atoms with Crippen molar-refractivity contribution in [3.8, 4) is 22.9 Å². The van der Waals surface area contributed by atoms with Crippen molar-refractivity contribution in [1.82, 2.24) is 14.4 Å². The second kappa shape index (κ2) is 8.45. The van der Waals surface area contributed by atoms with Crippen molar-refractivity contribution in [2.75, 3.05) is 27.3 Å². The third-order valence-electron chi connectivity index (χ3n) is 5.28. The Kier molecular flexibility index (Phi) is 5.74. The predicted molar refractivity (Wildman–Crippen MR) is 110 cm³/mol. The highest BCUT2D eigenvalue weighted by atomic mass is 32.2. The lowest BCUT2D eigenvalue weighted by atomic mass is 9.98. The standard InChI is InChI=1S/C21H23N3O5S/c1-27-16-8-9-18(19(14-16)28-2)20-22-21(29-23-20)15-10-12-24(13-11-15)30(25,26)17-6-4-3-5-7-17/h3-9,14-15H,10-13H2,1-2H3. The van der Waals surface area contributed by atoms with Crippen LogP contribution in [-0.4, -0.2) is 50.2 Å². The molecule has 0 atom stereocenters. The molecule has 4 rings (SSSR count). The molecule has 2 heterocycles. The van der Waals surface area contributed by atoms with Gasteiger partial charge in [-0.2, -0.15) is 9.29 Å². The zero-order chi connectivity index (χ0) is 21.1. The number of hydrogen-bond acceptors (Lipinski definition) is 7. The number of methoxy groups -OCH3 is 2. The number of aromatic nitrogens is 2. The zero-order valence-corrected chi connectivity index (χ0v) is 17.6. The second-order valence-electron chi connectivity index (χ2n) is 7.01. The molecule has 1 aliphatic heterocycles. The van der Waals surface area contributed by atoms with Crippen molar-refractivity contribution < 1.29 is 22.4 Å². The van der Waals surface area contributed by atoms with Crippen LogP contribution in [-0.2, 0) is 10.0 Å². The molecule has 0 spiro atoms. The van der Waals surface area contributed by atoms with Gasteiger partial charge >= 0.3 is 0 Å². The zero-order valence-electron chi connectivity index (χ0n) is 16.8. The molecule has 1 saturated heterocycles. The predicted octanol–water partition coefficient (Wildman–Crippen LogP) is 3.32. The fraction of sp³-hybridized carbons (Fsp3) is 0.333. The molecule has 0 bridgehead atoms. The Morgan fingerprint density at radius 2 is 1.77 bits per heavy atom. The van der Waals surface area contributed by atoms with Crippen molar-refractivity contribution in [2.24, 2.45) is 0 Å². The molecule has 0 N–H and O–H groups in total. The summed E-state index contributed by atoms with van der Waals surface area (Å²) in [6, 6.07) is 13.9. The van der Waals surface area contributed by atoms with Crippen LogP contribution in [0.1, 0.15) is 24.7 Å². The Bertz CT molecular complexity index is 1110. The molecule has 0 saturated carbocycles. The van der Waals surface area contributed by atoms with Crippen LogP contribution >= 0.6 is 0 Å². The van der Waals surface area contributed by atoms with Gasteiger partial charge in [0, 0.05) is 25.1 Å². The highest BCUT2D eigenvalue weighted by Crippen LogP contribution is 2.34. The molecule has 0 unspecified atom stereocenters. The van der Waals surface area contributed by atoms with Crippen LogP contribution in [0.5, 0.6) is 11.5 Å². The van der Waals surface area contributed by atoms with Gasteiger partial charge in [0.2, 0.25) is 21.7 Å². The van der Waals surface area contributed by atoms with Crippen molar-refractivity contribution in [1.29, 1.82) is 0 Å². The Morgan fingerprint density at radius 1 is 1.03 bits per heavy atom. The van der Waals surface area contributed by atoms with Crippen LogP contribution in [0, 0.1) is 0 Å². The van der Waals surface area contributed by atoms with E-state index in [0.717, 1.165) is 0 Å². The number of ether oxygens (including phenoxy) is 2. The summed E-state index contributed by atoms with van der Waals surface area (Å²) in [6.45, 7) is 0.816. The Balaban J connectivity index is 1.48. The van der Waals surface area contributed by atoms with Crippen molar-refractivity contribution in [2.45, 2.75) is 23.7 Å². The molecule has 1 aromatic heterocycles. The lowest BCUT2D eigenvalue weighted by Gasteiger charge is -2.29. The highest BCUT2D eigenvalue weighted by molar-refractivity contribution is 7.89. The van der Waals surface area contributed by atoms with Gasteiger partial charge in [-0.25, -0.2) is 8.42 Å². The highest BCUT2D eigenvalue weighted by Gasteiger charge is 2.32. The van der Waals surface area contributed by atoms with E-state index in [2.05, 4.69) is 10.1 Å². The molecule has 1 fully saturated rings. The minimum atomic E-state index is -3.48. The molecular weight excluding hydrogens is 406 g/mol. The van der Waals surface area contributed by atoms with Crippen LogP contribution < -0.4 is 9.47 Å². The van der Waals surface area contributed by atoms with E-state index >= 15 is 0 Å². The normalized spacial score (nSPS) is 15.8. The summed E-state index contributed by atoms with van der Waals surface area (Å²) >= 11 is 0. The van der Waals surface area contributed by atoms with Gasteiger partial charge in [-0.15, -0.1) is 0 Å². The number of hydrogen-bond donors (Lipinski definition) is 0. The first-order valence-electron chi connectivity index (χ1n) is 9.64. The van der Waals surface area contributed by atoms with Gasteiger partial charge in [-0.1, -0.05) is 23.4 Å². The van der Waals surface area contributed by atoms with E-state index in [1.54, 1.807) is 56.7 Å². The molecule has 2 aromatic carbocycles. The van der Waals surface area contributed by atoms with Gasteiger partial charge in [-0.05, 0) is 37.1 Å². The molecular formula is C21H23N3O5S. The van der Waals surface area contributed by atoms with E-state index in [1.165, 1.54) is 4.31 Å². The molecule has 0 amide bonds. The van der Waals surface area contributed by atoms with E-state index in [9.17, 15) is 8.42 Å². The number of rotatable bonds is 6. The van der Waals surface area contributed by atoms with Crippen LogP contribution in [0.25, 0.3) is 11.4 Å². The second-order valence-corrected chi connectivity index (χ2v) is 8.95. The Labute approximate surface area is 175 Å². The maximum Gasteiger partial charge on any atom is 0.243 e. The summed E-state index contributed by atoms with van der Waals surface area (Å²) in [5, 5.41) is 4.10. The van der Waals surface area contributed by atoms with Crippen LogP contribution in [0.3, 0.4) is 0 Å². The van der Waals surface area contributed by atoms with E-state index in [1.807, 2.05) is 6.07 Å². The number of sulfonamides is 1. The van der Waals surface area contributed by atoms with Gasteiger partial charge in [0.15, 0.2) is 0 Å². The number of benzene rings is 2. The lowest BCUT2D eigenvalue weighted by molar-refractivity contribution is 0.270. The molecule has 8 nitrogen and oxygen atoms in total. The van der Waals surface area contributed by atoms with Gasteiger partial charge in [0.1, 0.15) is 11.5 Å². The first-order chi connectivity index (χ1) is 14.5. The van der Waals surface area contributed by atoms with E-state index < -0.39 is 10.0 Å². The Morgan fingerprint density at radius 3 is 2.43 bits per heavy atom. The largest absolute Gasteiger partial charge is 0.497 e. The first kappa shape index (κ1) is 20.4. The smallest absolute Gasteiger partial charge is 0.243 e. The monoisotopic (exact) mass is 429 g/mol. The molecule has 9 heteroatoms. The van der Waals surface area contributed by atoms with Crippen LogP contribution in [0.15, 0.2) is 57.9 Å². The summed E-state index contributed by atoms with van der Waals surface area (Å²) in [5.74, 6) is 2.22. The fourth-order valence-electron chi connectivity index (χ4n) is 3.58. The van der Waals surface area contributed by atoms with Gasteiger partial charge in [0.25, 0.3) is 0 Å². The van der Waals surface area contributed by atoms with E-state index in [0.29, 0.717) is 59.6 Å². The molecule has 0 radical (unpaired) electrons. The maximum absolute atomic E-state index is 12.8. The minimum Gasteiger partial charge on any atom is -0.497 e. The molecule has 30 heavy (non-hydrogen) atoms. The maximum atomic E-state index is 12.8. The van der Waals surface area contributed by atoms with Gasteiger partial charge in [0.05, 0.1) is 24.7 Å². The average Bonchev–Trinajstić information content (AvgIpc) is 3.29. The SMILES string of the molecule is COc1ccc(-c2noc(C3CCN(S(=O)(=O)c4ccccc4)CC3)n2)c(OC)c1. The molecule has 1 aliphatic rings. The van der Waals surface area contributed by atoms with E-state index in [4.69, 9.17) is 14.0 Å². The number of nitrogens with zero attached hydrogens (tertiary/aromatic N) is 3. The average molecular weight is 429 g/mol. The lowest BCUT2D eigenvalue weighted by Crippen LogP contribution is -2.37. The van der Waals surface area contributed by atoms with Crippen molar-refractivity contribution in [3.05, 3.63) is 54.4 Å². The topological polar surface area (TPSA) is 94.8 Å². The third kappa shape index (κ3) is 3.90. The molecule has 158 valence electrons. The summed E-state index contributed by atoms with van der Waals surface area (Å²) in [6.07, 6.45) is 1.24.